The van der Waals surface area contributed by atoms with E-state index >= 15 is 0 Å². The summed E-state index contributed by atoms with van der Waals surface area (Å²) >= 11 is 0. The Morgan fingerprint density at radius 1 is 1.44 bits per heavy atom. The van der Waals surface area contributed by atoms with E-state index < -0.39 is 6.04 Å². The summed E-state index contributed by atoms with van der Waals surface area (Å²) in [7, 11) is 2.83. The van der Waals surface area contributed by atoms with Crippen molar-refractivity contribution in [2.75, 3.05) is 20.8 Å². The SMILES string of the molecule is CONC(=O)[C@@H]1CC[C@@H]2CN1C(=O)N2OC. The number of amides is 3. The first-order valence-electron chi connectivity index (χ1n) is 5.15. The molecule has 7 nitrogen and oxygen atoms in total. The average molecular weight is 229 g/mol. The lowest BCUT2D eigenvalue weighted by molar-refractivity contribution is -0.136. The normalized spacial score (nSPS) is 28.5. The van der Waals surface area contributed by atoms with E-state index in [-0.39, 0.29) is 18.0 Å². The monoisotopic (exact) mass is 229 g/mol. The highest BCUT2D eigenvalue weighted by atomic mass is 16.7. The van der Waals surface area contributed by atoms with Crippen molar-refractivity contribution in [2.45, 2.75) is 24.9 Å². The Balaban J connectivity index is 2.10. The summed E-state index contributed by atoms with van der Waals surface area (Å²) in [6.45, 7) is 0.536. The van der Waals surface area contributed by atoms with E-state index in [1.807, 2.05) is 0 Å². The number of rotatable bonds is 3. The van der Waals surface area contributed by atoms with Gasteiger partial charge in [0.05, 0.1) is 20.3 Å². The number of carbonyl (C=O) groups excluding carboxylic acids is 2. The van der Waals surface area contributed by atoms with Crippen LogP contribution in [0.25, 0.3) is 0 Å². The molecule has 0 saturated carbocycles. The number of fused-ring (bicyclic) bond motifs is 2. The van der Waals surface area contributed by atoms with Crippen LogP contribution in [0.2, 0.25) is 0 Å². The second kappa shape index (κ2) is 4.26. The molecule has 0 spiro atoms. The third-order valence-corrected chi connectivity index (χ3v) is 3.02. The van der Waals surface area contributed by atoms with Gasteiger partial charge in [-0.15, -0.1) is 0 Å². The molecule has 2 bridgehead atoms. The van der Waals surface area contributed by atoms with Gasteiger partial charge in [0.2, 0.25) is 0 Å². The smallest absolute Gasteiger partial charge is 0.309 e. The molecule has 0 radical (unpaired) electrons. The number of hydroxylamine groups is 3. The number of urea groups is 1. The van der Waals surface area contributed by atoms with Gasteiger partial charge >= 0.3 is 6.03 Å². The molecule has 0 aromatic rings. The third kappa shape index (κ3) is 1.61. The van der Waals surface area contributed by atoms with Gasteiger partial charge in [0.1, 0.15) is 6.04 Å². The first-order valence-corrected chi connectivity index (χ1v) is 5.15. The standard InChI is InChI=1S/C9H15N3O4/c1-15-10-8(13)7-4-3-6-5-11(7)9(14)12(6)16-2/h6-7H,3-5H2,1-2H3,(H,10,13)/t6-,7+/m1/s1. The quantitative estimate of drug-likeness (QED) is 0.662. The van der Waals surface area contributed by atoms with E-state index in [9.17, 15) is 9.59 Å². The van der Waals surface area contributed by atoms with Crippen molar-refractivity contribution in [1.29, 1.82) is 0 Å². The number of carbonyl (C=O) groups is 2. The number of nitrogens with one attached hydrogen (secondary N) is 1. The fourth-order valence-corrected chi connectivity index (χ4v) is 2.31. The highest BCUT2D eigenvalue weighted by Crippen LogP contribution is 2.29. The molecule has 1 N–H and O–H groups in total. The average Bonchev–Trinajstić information content (AvgIpc) is 2.52. The van der Waals surface area contributed by atoms with Crippen LogP contribution in [-0.2, 0) is 14.5 Å². The lowest BCUT2D eigenvalue weighted by atomic mass is 10.0. The molecule has 7 heteroatoms. The molecule has 2 atom stereocenters. The van der Waals surface area contributed by atoms with Gasteiger partial charge in [-0.2, -0.15) is 5.06 Å². The largest absolute Gasteiger partial charge is 0.345 e. The van der Waals surface area contributed by atoms with Crippen LogP contribution in [0.5, 0.6) is 0 Å². The van der Waals surface area contributed by atoms with Crippen molar-refractivity contribution in [3.8, 4) is 0 Å². The van der Waals surface area contributed by atoms with E-state index in [0.717, 1.165) is 6.42 Å². The lowest BCUT2D eigenvalue weighted by Gasteiger charge is -2.28. The van der Waals surface area contributed by atoms with Crippen molar-refractivity contribution in [3.63, 3.8) is 0 Å². The van der Waals surface area contributed by atoms with Gasteiger partial charge in [-0.05, 0) is 12.8 Å². The van der Waals surface area contributed by atoms with Crippen molar-refractivity contribution >= 4 is 11.9 Å². The van der Waals surface area contributed by atoms with Crippen LogP contribution in [0, 0.1) is 0 Å². The van der Waals surface area contributed by atoms with Gasteiger partial charge in [-0.3, -0.25) is 14.5 Å². The summed E-state index contributed by atoms with van der Waals surface area (Å²) in [5.74, 6) is -0.285. The Morgan fingerprint density at radius 3 is 2.81 bits per heavy atom. The van der Waals surface area contributed by atoms with Crippen LogP contribution >= 0.6 is 0 Å². The van der Waals surface area contributed by atoms with E-state index in [1.165, 1.54) is 24.2 Å². The summed E-state index contributed by atoms with van der Waals surface area (Å²) in [4.78, 5) is 34.6. The first-order chi connectivity index (χ1) is 7.69. The molecule has 2 aliphatic rings. The molecular weight excluding hydrogens is 214 g/mol. The van der Waals surface area contributed by atoms with Gasteiger partial charge in [0, 0.05) is 6.54 Å². The number of hydrogen-bond acceptors (Lipinski definition) is 4. The predicted octanol–water partition coefficient (Wildman–Crippen LogP) is -0.506. The Morgan fingerprint density at radius 2 is 2.19 bits per heavy atom. The van der Waals surface area contributed by atoms with Crippen LogP contribution in [-0.4, -0.2) is 54.7 Å². The highest BCUT2D eigenvalue weighted by molar-refractivity contribution is 5.87. The fourth-order valence-electron chi connectivity index (χ4n) is 2.31. The molecule has 2 saturated heterocycles. The molecule has 2 rings (SSSR count). The topological polar surface area (TPSA) is 71.1 Å². The summed E-state index contributed by atoms with van der Waals surface area (Å²) in [6, 6.07) is -0.644. The molecule has 0 unspecified atom stereocenters. The molecule has 16 heavy (non-hydrogen) atoms. The Hall–Kier alpha value is -1.34. The van der Waals surface area contributed by atoms with E-state index in [2.05, 4.69) is 10.3 Å². The van der Waals surface area contributed by atoms with Gasteiger partial charge in [0.15, 0.2) is 0 Å². The van der Waals surface area contributed by atoms with Crippen LogP contribution in [0.4, 0.5) is 4.79 Å². The molecule has 2 heterocycles. The van der Waals surface area contributed by atoms with Gasteiger partial charge < -0.3 is 4.90 Å². The Bertz CT molecular complexity index is 309. The van der Waals surface area contributed by atoms with E-state index in [1.54, 1.807) is 0 Å². The van der Waals surface area contributed by atoms with Gasteiger partial charge in [-0.1, -0.05) is 0 Å². The Labute approximate surface area is 93.2 Å². The summed E-state index contributed by atoms with van der Waals surface area (Å²) in [6.07, 6.45) is 1.39. The zero-order valence-corrected chi connectivity index (χ0v) is 9.30. The van der Waals surface area contributed by atoms with Crippen LogP contribution in [0.1, 0.15) is 12.8 Å². The molecular formula is C9H15N3O4. The lowest BCUT2D eigenvalue weighted by Crippen LogP contribution is -2.49. The Kier molecular flexibility index (Phi) is 2.97. The minimum absolute atomic E-state index is 0.0593. The second-order valence-electron chi connectivity index (χ2n) is 3.86. The minimum Gasteiger partial charge on any atom is -0.309 e. The fraction of sp³-hybridized carbons (Fsp3) is 0.778. The van der Waals surface area contributed by atoms with Gasteiger partial charge in [-0.25, -0.2) is 10.3 Å². The molecule has 2 aliphatic heterocycles. The minimum atomic E-state index is -0.455. The zero-order chi connectivity index (χ0) is 11.7. The van der Waals surface area contributed by atoms with Crippen molar-refractivity contribution < 1.29 is 19.3 Å². The highest BCUT2D eigenvalue weighted by Gasteiger charge is 2.47. The maximum absolute atomic E-state index is 11.8. The van der Waals surface area contributed by atoms with E-state index in [4.69, 9.17) is 4.84 Å². The van der Waals surface area contributed by atoms with Crippen molar-refractivity contribution in [2.24, 2.45) is 0 Å². The predicted molar refractivity (Wildman–Crippen MR) is 52.9 cm³/mol. The molecule has 0 aliphatic carbocycles. The molecule has 3 amide bonds. The van der Waals surface area contributed by atoms with Crippen LogP contribution in [0.15, 0.2) is 0 Å². The van der Waals surface area contributed by atoms with Crippen molar-refractivity contribution in [1.82, 2.24) is 15.4 Å². The molecule has 2 fully saturated rings. The zero-order valence-electron chi connectivity index (χ0n) is 9.30. The third-order valence-electron chi connectivity index (χ3n) is 3.02. The number of piperidine rings is 1. The second-order valence-corrected chi connectivity index (χ2v) is 3.86. The summed E-state index contributed by atoms with van der Waals surface area (Å²) < 4.78 is 0. The van der Waals surface area contributed by atoms with Gasteiger partial charge in [0.25, 0.3) is 5.91 Å². The molecule has 90 valence electrons. The first kappa shape index (κ1) is 11.2. The van der Waals surface area contributed by atoms with E-state index in [0.29, 0.717) is 13.0 Å². The molecule has 0 aromatic heterocycles. The summed E-state index contributed by atoms with van der Waals surface area (Å²) in [5, 5.41) is 1.33. The number of nitrogens with zero attached hydrogens (tertiary/aromatic N) is 2. The summed E-state index contributed by atoms with van der Waals surface area (Å²) in [5.41, 5.74) is 2.26. The van der Waals surface area contributed by atoms with Crippen LogP contribution < -0.4 is 5.48 Å². The molecule has 0 aromatic carbocycles. The van der Waals surface area contributed by atoms with Crippen molar-refractivity contribution in [3.05, 3.63) is 0 Å². The maximum Gasteiger partial charge on any atom is 0.345 e. The maximum atomic E-state index is 11.8. The van der Waals surface area contributed by atoms with Crippen LogP contribution in [0.3, 0.4) is 0 Å². The number of hydrogen-bond donors (Lipinski definition) is 1.